The molecule has 0 spiro atoms. The number of nitrogens with zero attached hydrogens (tertiary/aromatic N) is 2. The molecule has 0 bridgehead atoms. The Hall–Kier alpha value is -2.56. The van der Waals surface area contributed by atoms with Gasteiger partial charge in [-0.3, -0.25) is 19.6 Å². The molecule has 5 nitrogen and oxygen atoms in total. The van der Waals surface area contributed by atoms with Crippen LogP contribution >= 0.6 is 0 Å². The number of aryl methyl sites for hydroxylation is 1. The van der Waals surface area contributed by atoms with Gasteiger partial charge in [-0.25, -0.2) is 0 Å². The van der Waals surface area contributed by atoms with E-state index in [0.29, 0.717) is 6.42 Å². The molecule has 0 saturated heterocycles. The predicted octanol–water partition coefficient (Wildman–Crippen LogP) is 1.72. The smallest absolute Gasteiger partial charge is 0.292 e. The van der Waals surface area contributed by atoms with Gasteiger partial charge in [0.1, 0.15) is 0 Å². The summed E-state index contributed by atoms with van der Waals surface area (Å²) < 4.78 is 0. The topological polar surface area (TPSA) is 72.0 Å². The Morgan fingerprint density at radius 1 is 1.24 bits per heavy atom. The molecule has 0 radical (unpaired) electrons. The molecule has 1 N–H and O–H groups in total. The number of ketones is 1. The molecular weight excluding hydrogens is 266 g/mol. The lowest BCUT2D eigenvalue weighted by atomic mass is 10.1. The van der Waals surface area contributed by atoms with Crippen molar-refractivity contribution in [1.29, 1.82) is 0 Å². The number of amides is 1. The van der Waals surface area contributed by atoms with Gasteiger partial charge in [0, 0.05) is 41.8 Å². The maximum Gasteiger partial charge on any atom is 0.292 e. The van der Waals surface area contributed by atoms with Crippen LogP contribution < -0.4 is 5.32 Å². The third-order valence-corrected chi connectivity index (χ3v) is 2.97. The molecule has 2 rings (SSSR count). The number of hydrogen-bond acceptors (Lipinski definition) is 4. The Morgan fingerprint density at radius 3 is 2.71 bits per heavy atom. The summed E-state index contributed by atoms with van der Waals surface area (Å²) >= 11 is 0. The van der Waals surface area contributed by atoms with Gasteiger partial charge in [-0.2, -0.15) is 0 Å². The fraction of sp³-hybridized carbons (Fsp3) is 0.250. The Balaban J connectivity index is 1.95. The maximum atomic E-state index is 11.9. The van der Waals surface area contributed by atoms with Crippen molar-refractivity contribution < 1.29 is 9.59 Å². The largest absolute Gasteiger partial charge is 0.346 e. The number of Topliss-reactive ketones (excluding diaryl/α,β-unsaturated/α-hetero) is 1. The summed E-state index contributed by atoms with van der Waals surface area (Å²) in [5, 5.41) is 2.69. The van der Waals surface area contributed by atoms with Crippen LogP contribution in [0.25, 0.3) is 0 Å². The Morgan fingerprint density at radius 2 is 2.05 bits per heavy atom. The van der Waals surface area contributed by atoms with E-state index in [2.05, 4.69) is 15.3 Å². The molecule has 0 aliphatic carbocycles. The van der Waals surface area contributed by atoms with Crippen molar-refractivity contribution in [3.05, 3.63) is 59.7 Å². The van der Waals surface area contributed by atoms with E-state index in [9.17, 15) is 9.59 Å². The van der Waals surface area contributed by atoms with E-state index in [1.54, 1.807) is 18.3 Å². The van der Waals surface area contributed by atoms with Crippen LogP contribution in [-0.2, 0) is 11.2 Å². The van der Waals surface area contributed by atoms with Crippen molar-refractivity contribution >= 4 is 11.7 Å². The zero-order valence-corrected chi connectivity index (χ0v) is 12.0. The first-order valence-electron chi connectivity index (χ1n) is 6.74. The first-order valence-corrected chi connectivity index (χ1v) is 6.74. The number of rotatable bonds is 5. The first kappa shape index (κ1) is 14.8. The summed E-state index contributed by atoms with van der Waals surface area (Å²) in [5.74, 6) is -1.20. The van der Waals surface area contributed by atoms with Crippen LogP contribution in [0.15, 0.2) is 42.7 Å². The number of carbonyl (C=O) groups excluding carboxylic acids is 2. The number of hydrogen-bond donors (Lipinski definition) is 1. The van der Waals surface area contributed by atoms with Crippen molar-refractivity contribution in [2.45, 2.75) is 26.3 Å². The van der Waals surface area contributed by atoms with Crippen LogP contribution in [0.1, 0.15) is 28.7 Å². The minimum Gasteiger partial charge on any atom is -0.346 e. The lowest BCUT2D eigenvalue weighted by molar-refractivity contribution is -0.117. The summed E-state index contributed by atoms with van der Waals surface area (Å²) in [5.41, 5.74) is 2.10. The minimum atomic E-state index is -0.622. The number of carbonyl (C=O) groups is 2. The Labute approximate surface area is 123 Å². The van der Waals surface area contributed by atoms with E-state index in [1.165, 1.54) is 6.20 Å². The van der Waals surface area contributed by atoms with Crippen LogP contribution in [0.5, 0.6) is 0 Å². The van der Waals surface area contributed by atoms with Gasteiger partial charge in [-0.1, -0.05) is 6.07 Å². The van der Waals surface area contributed by atoms with Gasteiger partial charge >= 0.3 is 0 Å². The molecule has 0 fully saturated rings. The van der Waals surface area contributed by atoms with Crippen LogP contribution in [0.3, 0.4) is 0 Å². The molecule has 108 valence electrons. The van der Waals surface area contributed by atoms with Crippen LogP contribution in [-0.4, -0.2) is 27.7 Å². The van der Waals surface area contributed by atoms with Crippen molar-refractivity contribution in [3.8, 4) is 0 Å². The average molecular weight is 283 g/mol. The molecule has 0 aromatic carbocycles. The molecule has 21 heavy (non-hydrogen) atoms. The standard InChI is InChI=1S/C16H17N3O2/c1-11-5-3-7-14(18-11)9-12(2)19-16(21)15(20)13-6-4-8-17-10-13/h3-8,10,12H,9H2,1-2H3,(H,19,21)/t12-/m0/s1. The summed E-state index contributed by atoms with van der Waals surface area (Å²) in [6.07, 6.45) is 3.52. The first-order chi connectivity index (χ1) is 10.1. The van der Waals surface area contributed by atoms with Gasteiger partial charge in [0.25, 0.3) is 11.7 Å². The fourth-order valence-electron chi connectivity index (χ4n) is 2.00. The second kappa shape index (κ2) is 6.74. The summed E-state index contributed by atoms with van der Waals surface area (Å²) in [6.45, 7) is 3.76. The quantitative estimate of drug-likeness (QED) is 0.670. The summed E-state index contributed by atoms with van der Waals surface area (Å²) in [4.78, 5) is 32.0. The van der Waals surface area contributed by atoms with Gasteiger partial charge in [0.2, 0.25) is 0 Å². The fourth-order valence-corrected chi connectivity index (χ4v) is 2.00. The Kier molecular flexibility index (Phi) is 4.77. The monoisotopic (exact) mass is 283 g/mol. The highest BCUT2D eigenvalue weighted by molar-refractivity contribution is 6.42. The summed E-state index contributed by atoms with van der Waals surface area (Å²) in [7, 11) is 0. The predicted molar refractivity (Wildman–Crippen MR) is 78.9 cm³/mol. The molecule has 0 aliphatic rings. The third kappa shape index (κ3) is 4.21. The summed E-state index contributed by atoms with van der Waals surface area (Å²) in [6, 6.07) is 8.76. The average Bonchev–Trinajstić information content (AvgIpc) is 2.47. The van der Waals surface area contributed by atoms with Gasteiger partial charge < -0.3 is 5.32 Å². The highest BCUT2D eigenvalue weighted by Crippen LogP contribution is 2.03. The zero-order valence-electron chi connectivity index (χ0n) is 12.0. The van der Waals surface area contributed by atoms with Crippen molar-refractivity contribution in [1.82, 2.24) is 15.3 Å². The molecule has 0 saturated carbocycles. The second-order valence-electron chi connectivity index (χ2n) is 4.92. The van der Waals surface area contributed by atoms with Gasteiger partial charge in [0.05, 0.1) is 0 Å². The Bertz CT molecular complexity index is 641. The molecule has 1 atom stereocenters. The molecule has 1 amide bonds. The second-order valence-corrected chi connectivity index (χ2v) is 4.92. The SMILES string of the molecule is Cc1cccc(C[C@H](C)NC(=O)C(=O)c2cccnc2)n1. The highest BCUT2D eigenvalue weighted by Gasteiger charge is 2.18. The normalized spacial score (nSPS) is 11.7. The maximum absolute atomic E-state index is 11.9. The number of nitrogens with one attached hydrogen (secondary N) is 1. The van der Waals surface area contributed by atoms with E-state index < -0.39 is 11.7 Å². The van der Waals surface area contributed by atoms with E-state index in [4.69, 9.17) is 0 Å². The molecule has 0 unspecified atom stereocenters. The molecule has 2 aromatic rings. The minimum absolute atomic E-state index is 0.174. The van der Waals surface area contributed by atoms with Gasteiger partial charge in [0.15, 0.2) is 0 Å². The van der Waals surface area contributed by atoms with Gasteiger partial charge in [-0.05, 0) is 38.1 Å². The van der Waals surface area contributed by atoms with Crippen LogP contribution in [0, 0.1) is 6.92 Å². The number of aromatic nitrogens is 2. The highest BCUT2D eigenvalue weighted by atomic mass is 16.2. The molecular formula is C16H17N3O2. The molecule has 2 heterocycles. The zero-order chi connectivity index (χ0) is 15.2. The molecule has 5 heteroatoms. The van der Waals surface area contributed by atoms with Gasteiger partial charge in [-0.15, -0.1) is 0 Å². The third-order valence-electron chi connectivity index (χ3n) is 2.97. The van der Waals surface area contributed by atoms with E-state index in [1.807, 2.05) is 32.0 Å². The van der Waals surface area contributed by atoms with Crippen LogP contribution in [0.4, 0.5) is 0 Å². The molecule has 2 aromatic heterocycles. The van der Waals surface area contributed by atoms with E-state index in [-0.39, 0.29) is 11.6 Å². The molecule has 0 aliphatic heterocycles. The van der Waals surface area contributed by atoms with Crippen molar-refractivity contribution in [2.75, 3.05) is 0 Å². The lowest BCUT2D eigenvalue weighted by Crippen LogP contribution is -2.39. The lowest BCUT2D eigenvalue weighted by Gasteiger charge is -2.13. The van der Waals surface area contributed by atoms with Crippen molar-refractivity contribution in [2.24, 2.45) is 0 Å². The van der Waals surface area contributed by atoms with Crippen LogP contribution in [0.2, 0.25) is 0 Å². The van der Waals surface area contributed by atoms with E-state index >= 15 is 0 Å². The van der Waals surface area contributed by atoms with Crippen molar-refractivity contribution in [3.63, 3.8) is 0 Å². The number of pyridine rings is 2. The van der Waals surface area contributed by atoms with E-state index in [0.717, 1.165) is 11.4 Å².